The van der Waals surface area contributed by atoms with Crippen LogP contribution in [-0.4, -0.2) is 0 Å². The van der Waals surface area contributed by atoms with Crippen molar-refractivity contribution in [3.05, 3.63) is 269 Å². The fourth-order valence-electron chi connectivity index (χ4n) is 11.7. The first-order chi connectivity index (χ1) is 31.2. The maximum absolute atomic E-state index is 6.71. The minimum absolute atomic E-state index is 0.491. The molecule has 63 heavy (non-hydrogen) atoms. The maximum Gasteiger partial charge on any atom is 0.132 e. The third-order valence-electron chi connectivity index (χ3n) is 14.2. The van der Waals surface area contributed by atoms with Gasteiger partial charge in [-0.1, -0.05) is 176 Å². The van der Waals surface area contributed by atoms with Crippen molar-refractivity contribution in [2.45, 2.75) is 20.6 Å². The van der Waals surface area contributed by atoms with Crippen molar-refractivity contribution < 1.29 is 4.74 Å². The summed E-state index contributed by atoms with van der Waals surface area (Å²) in [5, 5.41) is 2.42. The van der Waals surface area contributed by atoms with E-state index in [-0.39, 0.29) is 0 Å². The summed E-state index contributed by atoms with van der Waals surface area (Å²) in [6, 6.07) is 83.4. The molecule has 2 aliphatic carbocycles. The second-order valence-electron chi connectivity index (χ2n) is 17.1. The first-order valence-corrected chi connectivity index (χ1v) is 22.6. The van der Waals surface area contributed by atoms with Crippen LogP contribution in [0.2, 0.25) is 0 Å². The first-order valence-electron chi connectivity index (χ1n) is 21.7. The van der Waals surface area contributed by atoms with Crippen LogP contribution < -0.4 is 9.64 Å². The molecule has 2 spiro atoms. The Morgan fingerprint density at radius 2 is 0.698 bits per heavy atom. The van der Waals surface area contributed by atoms with E-state index in [0.717, 1.165) is 39.7 Å². The average molecular weight is 820 g/mol. The molecule has 0 saturated carbocycles. The number of fused-ring (bicyclic) bond motifs is 19. The topological polar surface area (TPSA) is 12.5 Å². The summed E-state index contributed by atoms with van der Waals surface area (Å²) in [5.41, 5.74) is 17.5. The van der Waals surface area contributed by atoms with Gasteiger partial charge in [0.25, 0.3) is 0 Å². The van der Waals surface area contributed by atoms with Gasteiger partial charge in [0.2, 0.25) is 0 Å². The highest BCUT2D eigenvalue weighted by atomic mass is 32.2. The SMILES string of the molecule is c1ccc2c(c1)Oc1ccccc1C21c2ccccc2-c2ccc(N(c3ccc4c(c3)C3(c5ccccc5Sc5ccccc53)c3ccccc3-4)c3ccc4ccccc4c3)cc21. The molecule has 10 aromatic carbocycles. The normalized spacial score (nSPS) is 14.7. The molecular weight excluding hydrogens is 783 g/mol. The van der Waals surface area contributed by atoms with E-state index in [9.17, 15) is 0 Å². The van der Waals surface area contributed by atoms with Gasteiger partial charge in [0.05, 0.1) is 10.8 Å². The molecule has 0 saturated heterocycles. The van der Waals surface area contributed by atoms with Crippen LogP contribution >= 0.6 is 11.8 Å². The molecule has 2 aliphatic heterocycles. The van der Waals surface area contributed by atoms with Gasteiger partial charge in [-0.25, -0.2) is 0 Å². The molecule has 3 heteroatoms. The van der Waals surface area contributed by atoms with Gasteiger partial charge in [-0.2, -0.15) is 0 Å². The van der Waals surface area contributed by atoms with Gasteiger partial charge in [-0.3, -0.25) is 0 Å². The lowest BCUT2D eigenvalue weighted by Gasteiger charge is -2.40. The van der Waals surface area contributed by atoms with Crippen LogP contribution in [0.5, 0.6) is 11.5 Å². The standard InChI is InChI=1S/C60H37NOS/c1-2-16-39-35-40(30-29-38(39)15-1)61(41-31-33-45-43-17-3-5-19-47(43)59(53(45)36-41)49-21-7-11-25-55(49)62-56-26-12-8-22-50(56)59)42-32-34-46-44-18-4-6-20-48(44)60(54(46)37-42)51-23-9-13-27-57(51)63-58-28-14-10-24-52(58)60/h1-37H. The minimum Gasteiger partial charge on any atom is -0.457 e. The van der Waals surface area contributed by atoms with Crippen molar-refractivity contribution in [3.8, 4) is 33.8 Å². The molecule has 0 bridgehead atoms. The highest BCUT2D eigenvalue weighted by molar-refractivity contribution is 7.99. The fraction of sp³-hybridized carbons (Fsp3) is 0.0333. The van der Waals surface area contributed by atoms with Crippen LogP contribution in [0.1, 0.15) is 44.5 Å². The Morgan fingerprint density at radius 1 is 0.302 bits per heavy atom. The summed E-state index contributed by atoms with van der Waals surface area (Å²) in [6.45, 7) is 0. The van der Waals surface area contributed by atoms with Gasteiger partial charge in [-0.15, -0.1) is 0 Å². The van der Waals surface area contributed by atoms with E-state index < -0.39 is 10.8 Å². The van der Waals surface area contributed by atoms with Gasteiger partial charge in [-0.05, 0) is 127 Å². The van der Waals surface area contributed by atoms with Crippen molar-refractivity contribution in [1.29, 1.82) is 0 Å². The van der Waals surface area contributed by atoms with Crippen molar-refractivity contribution in [2.24, 2.45) is 0 Å². The number of rotatable bonds is 3. The molecule has 0 aromatic heterocycles. The number of para-hydroxylation sites is 2. The molecule has 0 N–H and O–H groups in total. The lowest BCUT2D eigenvalue weighted by atomic mass is 9.66. The molecule has 0 amide bonds. The summed E-state index contributed by atoms with van der Waals surface area (Å²) in [7, 11) is 0. The number of nitrogens with zero attached hydrogens (tertiary/aromatic N) is 1. The zero-order valence-corrected chi connectivity index (χ0v) is 34.9. The first kappa shape index (κ1) is 35.1. The van der Waals surface area contributed by atoms with Crippen molar-refractivity contribution in [1.82, 2.24) is 0 Å². The maximum atomic E-state index is 6.71. The van der Waals surface area contributed by atoms with E-state index in [2.05, 4.69) is 229 Å². The van der Waals surface area contributed by atoms with Crippen molar-refractivity contribution in [2.75, 3.05) is 4.90 Å². The molecule has 10 aromatic rings. The van der Waals surface area contributed by atoms with Gasteiger partial charge >= 0.3 is 0 Å². The number of benzene rings is 10. The van der Waals surface area contributed by atoms with Crippen LogP contribution in [0.3, 0.4) is 0 Å². The van der Waals surface area contributed by atoms with Crippen LogP contribution in [0, 0.1) is 0 Å². The molecule has 0 fully saturated rings. The lowest BCUT2D eigenvalue weighted by Crippen LogP contribution is -2.32. The summed E-state index contributed by atoms with van der Waals surface area (Å²) >= 11 is 1.89. The minimum atomic E-state index is -0.584. The molecule has 4 aliphatic rings. The van der Waals surface area contributed by atoms with E-state index in [1.165, 1.54) is 76.2 Å². The van der Waals surface area contributed by atoms with E-state index >= 15 is 0 Å². The zero-order valence-electron chi connectivity index (χ0n) is 34.1. The van der Waals surface area contributed by atoms with E-state index in [4.69, 9.17) is 4.74 Å². The molecule has 2 heterocycles. The zero-order chi connectivity index (χ0) is 41.3. The largest absolute Gasteiger partial charge is 0.457 e. The molecule has 2 nitrogen and oxygen atoms in total. The Hall–Kier alpha value is -7.59. The van der Waals surface area contributed by atoms with Crippen LogP contribution in [-0.2, 0) is 10.8 Å². The van der Waals surface area contributed by atoms with Crippen LogP contribution in [0.4, 0.5) is 17.1 Å². The van der Waals surface area contributed by atoms with Gasteiger partial charge in [0.15, 0.2) is 0 Å². The number of ether oxygens (including phenoxy) is 1. The quantitative estimate of drug-likeness (QED) is 0.176. The van der Waals surface area contributed by atoms with E-state index in [1.807, 2.05) is 11.8 Å². The van der Waals surface area contributed by atoms with Gasteiger partial charge in [0, 0.05) is 38.0 Å². The predicted octanol–water partition coefficient (Wildman–Crippen LogP) is 15.6. The summed E-state index contributed by atoms with van der Waals surface area (Å²) in [5.74, 6) is 1.79. The number of hydrogen-bond donors (Lipinski definition) is 0. The lowest BCUT2D eigenvalue weighted by molar-refractivity contribution is 0.436. The molecule has 294 valence electrons. The van der Waals surface area contributed by atoms with Crippen LogP contribution in [0.25, 0.3) is 33.0 Å². The highest BCUT2D eigenvalue weighted by Gasteiger charge is 2.52. The smallest absolute Gasteiger partial charge is 0.132 e. The average Bonchev–Trinajstić information content (AvgIpc) is 3.79. The molecule has 0 atom stereocenters. The summed E-state index contributed by atoms with van der Waals surface area (Å²) in [6.07, 6.45) is 0. The monoisotopic (exact) mass is 819 g/mol. The van der Waals surface area contributed by atoms with Gasteiger partial charge < -0.3 is 9.64 Å². The van der Waals surface area contributed by atoms with Gasteiger partial charge in [0.1, 0.15) is 11.5 Å². The Bertz CT molecular complexity index is 3280. The summed E-state index contributed by atoms with van der Waals surface area (Å²) in [4.78, 5) is 5.10. The molecular formula is C60H37NOS. The third-order valence-corrected chi connectivity index (χ3v) is 15.3. The van der Waals surface area contributed by atoms with E-state index in [0.29, 0.717) is 0 Å². The predicted molar refractivity (Wildman–Crippen MR) is 257 cm³/mol. The second-order valence-corrected chi connectivity index (χ2v) is 18.2. The molecule has 0 unspecified atom stereocenters. The Morgan fingerprint density at radius 3 is 1.27 bits per heavy atom. The number of hydrogen-bond acceptors (Lipinski definition) is 3. The highest BCUT2D eigenvalue weighted by Crippen LogP contribution is 2.65. The second kappa shape index (κ2) is 13.0. The Balaban J connectivity index is 1.06. The van der Waals surface area contributed by atoms with Crippen LogP contribution in [0.15, 0.2) is 234 Å². The third kappa shape index (κ3) is 4.59. The van der Waals surface area contributed by atoms with E-state index in [1.54, 1.807) is 0 Å². The number of anilines is 3. The molecule has 14 rings (SSSR count). The van der Waals surface area contributed by atoms with Crippen molar-refractivity contribution in [3.63, 3.8) is 0 Å². The fourth-order valence-corrected chi connectivity index (χ4v) is 12.9. The Kier molecular flexibility index (Phi) is 7.21. The molecule has 0 radical (unpaired) electrons. The Labute approximate surface area is 370 Å². The van der Waals surface area contributed by atoms with Crippen molar-refractivity contribution >= 4 is 39.6 Å². The summed E-state index contributed by atoms with van der Waals surface area (Å²) < 4.78 is 6.71.